The Morgan fingerprint density at radius 2 is 1.79 bits per heavy atom. The second-order valence-electron chi connectivity index (χ2n) is 5.80. The number of carbonyl (C=O) groups excluding carboxylic acids is 1. The minimum Gasteiger partial charge on any atom is -0.507 e. The molecule has 0 bridgehead atoms. The molecule has 1 aromatic carbocycles. The summed E-state index contributed by atoms with van der Waals surface area (Å²) in [6.07, 6.45) is -3.96. The summed E-state index contributed by atoms with van der Waals surface area (Å²) in [7, 11) is 0. The predicted octanol–water partition coefficient (Wildman–Crippen LogP) is 6.74. The first-order chi connectivity index (χ1) is 13.1. The zero-order valence-electron chi connectivity index (χ0n) is 17.4. The number of thiazole rings is 1. The van der Waals surface area contributed by atoms with Gasteiger partial charge in [-0.25, -0.2) is 4.98 Å². The lowest BCUT2D eigenvalue weighted by atomic mass is 10.0. The molecule has 2 aromatic rings. The first-order valence-corrected chi connectivity index (χ1v) is 10.1. The van der Waals surface area contributed by atoms with Crippen LogP contribution >= 0.6 is 11.3 Å². The SMILES string of the molecule is CC.CC.CC(=O)Nc1nc(-c2ccc(C(F)(F)F)c(O)c2)c(CC(C)C)s1. The molecule has 158 valence electrons. The van der Waals surface area contributed by atoms with E-state index in [1.807, 2.05) is 41.5 Å². The van der Waals surface area contributed by atoms with Crippen molar-refractivity contribution in [3.8, 4) is 17.0 Å². The van der Waals surface area contributed by atoms with Crippen molar-refractivity contribution in [1.29, 1.82) is 0 Å². The Morgan fingerprint density at radius 3 is 2.21 bits per heavy atom. The number of phenols is 1. The summed E-state index contributed by atoms with van der Waals surface area (Å²) in [5, 5.41) is 12.7. The number of aromatic nitrogens is 1. The first kappa shape index (κ1) is 25.9. The molecule has 4 nitrogen and oxygen atoms in total. The topological polar surface area (TPSA) is 62.2 Å². The summed E-state index contributed by atoms with van der Waals surface area (Å²) < 4.78 is 38.3. The maximum absolute atomic E-state index is 12.8. The maximum atomic E-state index is 12.8. The van der Waals surface area contributed by atoms with Gasteiger partial charge in [0.05, 0.1) is 11.3 Å². The lowest BCUT2D eigenvalue weighted by molar-refractivity contribution is -0.138. The normalized spacial score (nSPS) is 10.5. The van der Waals surface area contributed by atoms with Gasteiger partial charge in [0.1, 0.15) is 5.75 Å². The van der Waals surface area contributed by atoms with Crippen molar-refractivity contribution in [3.63, 3.8) is 0 Å². The van der Waals surface area contributed by atoms with E-state index in [1.165, 1.54) is 24.3 Å². The number of rotatable bonds is 4. The van der Waals surface area contributed by atoms with Gasteiger partial charge in [-0.2, -0.15) is 13.2 Å². The molecule has 28 heavy (non-hydrogen) atoms. The molecule has 0 aliphatic rings. The molecule has 0 aliphatic carbocycles. The third-order valence-electron chi connectivity index (χ3n) is 3.15. The molecule has 0 unspecified atom stereocenters. The van der Waals surface area contributed by atoms with Crippen LogP contribution in [-0.4, -0.2) is 16.0 Å². The van der Waals surface area contributed by atoms with Crippen LogP contribution < -0.4 is 5.32 Å². The van der Waals surface area contributed by atoms with Crippen LogP contribution in [0.25, 0.3) is 11.3 Å². The highest BCUT2D eigenvalue weighted by Crippen LogP contribution is 2.40. The Bertz CT molecular complexity index is 756. The number of hydrogen-bond acceptors (Lipinski definition) is 4. The molecule has 0 aliphatic heterocycles. The van der Waals surface area contributed by atoms with E-state index in [1.54, 1.807) is 0 Å². The Labute approximate surface area is 168 Å². The average Bonchev–Trinajstić information content (AvgIpc) is 2.98. The summed E-state index contributed by atoms with van der Waals surface area (Å²) in [6, 6.07) is 3.17. The van der Waals surface area contributed by atoms with Crippen LogP contribution in [0.15, 0.2) is 18.2 Å². The molecular formula is C20H29F3N2O2S. The number of amides is 1. The van der Waals surface area contributed by atoms with Crippen LogP contribution in [0.4, 0.5) is 18.3 Å². The van der Waals surface area contributed by atoms with Crippen LogP contribution in [0, 0.1) is 5.92 Å². The minimum absolute atomic E-state index is 0.276. The molecule has 2 rings (SSSR count). The predicted molar refractivity (Wildman–Crippen MR) is 110 cm³/mol. The standard InChI is InChI=1S/C16H17F3N2O2S.2C2H6/c1-8(2)6-13-14(21-15(24-13)20-9(3)22)10-4-5-11(12(23)7-10)16(17,18)19;2*1-2/h4-5,7-8,23H,6H2,1-3H3,(H,20,21,22);2*1-2H3. The number of anilines is 1. The van der Waals surface area contributed by atoms with Crippen LogP contribution in [0.5, 0.6) is 5.75 Å². The third-order valence-corrected chi connectivity index (χ3v) is 4.14. The highest BCUT2D eigenvalue weighted by atomic mass is 32.1. The highest BCUT2D eigenvalue weighted by Gasteiger charge is 2.34. The second kappa shape index (κ2) is 11.7. The van der Waals surface area contributed by atoms with Crippen molar-refractivity contribution in [1.82, 2.24) is 4.98 Å². The van der Waals surface area contributed by atoms with Crippen molar-refractivity contribution >= 4 is 22.4 Å². The monoisotopic (exact) mass is 418 g/mol. The molecule has 2 N–H and O–H groups in total. The number of nitrogens with zero attached hydrogens (tertiary/aromatic N) is 1. The molecular weight excluding hydrogens is 389 g/mol. The minimum atomic E-state index is -4.62. The fourth-order valence-corrected chi connectivity index (χ4v) is 3.45. The zero-order valence-corrected chi connectivity index (χ0v) is 18.2. The fraction of sp³-hybridized carbons (Fsp3) is 0.500. The number of hydrogen-bond donors (Lipinski definition) is 2. The van der Waals surface area contributed by atoms with Crippen LogP contribution in [0.3, 0.4) is 0 Å². The molecule has 0 atom stereocenters. The summed E-state index contributed by atoms with van der Waals surface area (Å²) in [5.41, 5.74) is -0.237. The summed E-state index contributed by atoms with van der Waals surface area (Å²) in [5.74, 6) is -0.816. The summed E-state index contributed by atoms with van der Waals surface area (Å²) in [6.45, 7) is 13.4. The smallest absolute Gasteiger partial charge is 0.419 e. The number of benzene rings is 1. The maximum Gasteiger partial charge on any atom is 0.419 e. The van der Waals surface area contributed by atoms with E-state index in [0.29, 0.717) is 28.7 Å². The van der Waals surface area contributed by atoms with Gasteiger partial charge in [0.15, 0.2) is 5.13 Å². The van der Waals surface area contributed by atoms with E-state index >= 15 is 0 Å². The van der Waals surface area contributed by atoms with E-state index in [4.69, 9.17) is 0 Å². The molecule has 0 fully saturated rings. The molecule has 0 saturated heterocycles. The van der Waals surface area contributed by atoms with Gasteiger partial charge in [-0.1, -0.05) is 47.6 Å². The number of phenolic OH excluding ortho intramolecular Hbond substituents is 1. The van der Waals surface area contributed by atoms with Crippen molar-refractivity contribution in [3.05, 3.63) is 28.6 Å². The molecule has 0 radical (unpaired) electrons. The van der Waals surface area contributed by atoms with Gasteiger partial charge >= 0.3 is 6.18 Å². The fourth-order valence-electron chi connectivity index (χ4n) is 2.21. The van der Waals surface area contributed by atoms with Crippen LogP contribution in [-0.2, 0) is 17.4 Å². The lowest BCUT2D eigenvalue weighted by Crippen LogP contribution is -2.05. The summed E-state index contributed by atoms with van der Waals surface area (Å²) in [4.78, 5) is 16.3. The molecule has 1 amide bonds. The van der Waals surface area contributed by atoms with Crippen molar-refractivity contribution in [2.75, 3.05) is 5.32 Å². The number of nitrogens with one attached hydrogen (secondary N) is 1. The molecule has 1 heterocycles. The zero-order chi connectivity index (χ0) is 22.1. The van der Waals surface area contributed by atoms with E-state index in [0.717, 1.165) is 17.0 Å². The summed E-state index contributed by atoms with van der Waals surface area (Å²) >= 11 is 1.28. The third kappa shape index (κ3) is 7.50. The number of aromatic hydroxyl groups is 1. The highest BCUT2D eigenvalue weighted by molar-refractivity contribution is 7.16. The van der Waals surface area contributed by atoms with Crippen molar-refractivity contribution < 1.29 is 23.1 Å². The second-order valence-corrected chi connectivity index (χ2v) is 6.88. The average molecular weight is 419 g/mol. The van der Waals surface area contributed by atoms with Gasteiger partial charge < -0.3 is 10.4 Å². The van der Waals surface area contributed by atoms with Gasteiger partial charge in [0, 0.05) is 17.4 Å². The Kier molecular flexibility index (Phi) is 10.8. The Hall–Kier alpha value is -2.09. The van der Waals surface area contributed by atoms with E-state index in [-0.39, 0.29) is 5.91 Å². The number of halogens is 3. The van der Waals surface area contributed by atoms with Gasteiger partial charge in [0.25, 0.3) is 0 Å². The van der Waals surface area contributed by atoms with Crippen molar-refractivity contribution in [2.24, 2.45) is 5.92 Å². The molecule has 0 saturated carbocycles. The largest absolute Gasteiger partial charge is 0.507 e. The van der Waals surface area contributed by atoms with Gasteiger partial charge in [-0.05, 0) is 24.5 Å². The molecule has 0 spiro atoms. The Morgan fingerprint density at radius 1 is 1.21 bits per heavy atom. The van der Waals surface area contributed by atoms with Crippen LogP contribution in [0.2, 0.25) is 0 Å². The van der Waals surface area contributed by atoms with E-state index < -0.39 is 17.5 Å². The number of carbonyl (C=O) groups is 1. The quantitative estimate of drug-likeness (QED) is 0.578. The van der Waals surface area contributed by atoms with Gasteiger partial charge in [-0.15, -0.1) is 11.3 Å². The van der Waals surface area contributed by atoms with Crippen molar-refractivity contribution in [2.45, 2.75) is 61.1 Å². The van der Waals surface area contributed by atoms with Gasteiger partial charge in [-0.3, -0.25) is 4.79 Å². The van der Waals surface area contributed by atoms with E-state index in [9.17, 15) is 23.1 Å². The van der Waals surface area contributed by atoms with Crippen LogP contribution in [0.1, 0.15) is 58.9 Å². The molecule has 8 heteroatoms. The van der Waals surface area contributed by atoms with Gasteiger partial charge in [0.2, 0.25) is 5.91 Å². The lowest BCUT2D eigenvalue weighted by Gasteiger charge is -2.10. The first-order valence-electron chi connectivity index (χ1n) is 9.25. The van der Waals surface area contributed by atoms with E-state index in [2.05, 4.69) is 10.3 Å². The molecule has 1 aromatic heterocycles. The number of alkyl halides is 3. The Balaban J connectivity index is 0.00000171.